The van der Waals surface area contributed by atoms with Gasteiger partial charge in [0.1, 0.15) is 11.2 Å². The van der Waals surface area contributed by atoms with Crippen LogP contribution in [-0.2, 0) is 0 Å². The number of nitrogens with zero attached hydrogens (tertiary/aromatic N) is 2. The van der Waals surface area contributed by atoms with Crippen LogP contribution in [0.2, 0.25) is 0 Å². The molecule has 11 aromatic carbocycles. The Labute approximate surface area is 401 Å². The fourth-order valence-electron chi connectivity index (χ4n) is 10.2. The van der Waals surface area contributed by atoms with Crippen LogP contribution in [0.3, 0.4) is 0 Å². The zero-order valence-electron chi connectivity index (χ0n) is 37.7. The zero-order chi connectivity index (χ0) is 45.7. The van der Waals surface area contributed by atoms with Crippen molar-refractivity contribution in [2.45, 2.75) is 0 Å². The van der Waals surface area contributed by atoms with Gasteiger partial charge in [0.15, 0.2) is 0 Å². The summed E-state index contributed by atoms with van der Waals surface area (Å²) in [5.74, 6) is 0. The van der Waals surface area contributed by atoms with Crippen LogP contribution in [-0.4, -0.2) is 4.57 Å². The van der Waals surface area contributed by atoms with Crippen LogP contribution in [0.4, 0.5) is 17.1 Å². The summed E-state index contributed by atoms with van der Waals surface area (Å²) >= 11 is 0. The van der Waals surface area contributed by atoms with E-state index >= 15 is 0 Å². The first-order valence-corrected chi connectivity index (χ1v) is 23.6. The number of hydrogen-bond donors (Lipinski definition) is 0. The number of para-hydroxylation sites is 3. The predicted octanol–water partition coefficient (Wildman–Crippen LogP) is 18.5. The molecule has 13 aromatic rings. The molecule has 0 saturated heterocycles. The van der Waals surface area contributed by atoms with Crippen LogP contribution >= 0.6 is 0 Å². The van der Waals surface area contributed by atoms with E-state index < -0.39 is 0 Å². The van der Waals surface area contributed by atoms with Gasteiger partial charge in [0.25, 0.3) is 0 Å². The molecule has 0 N–H and O–H groups in total. The maximum Gasteiger partial charge on any atom is 0.136 e. The van der Waals surface area contributed by atoms with Gasteiger partial charge in [0.05, 0.1) is 11.0 Å². The van der Waals surface area contributed by atoms with E-state index in [0.29, 0.717) is 0 Å². The molecule has 3 nitrogen and oxygen atoms in total. The Morgan fingerprint density at radius 2 is 0.696 bits per heavy atom. The largest absolute Gasteiger partial charge is 0.456 e. The molecule has 0 saturated carbocycles. The molecule has 0 spiro atoms. The number of rotatable bonds is 9. The lowest BCUT2D eigenvalue weighted by Gasteiger charge is -2.26. The smallest absolute Gasteiger partial charge is 0.136 e. The molecule has 324 valence electrons. The van der Waals surface area contributed by atoms with Gasteiger partial charge in [-0.25, -0.2) is 0 Å². The minimum Gasteiger partial charge on any atom is -0.456 e. The molecule has 0 fully saturated rings. The Kier molecular flexibility index (Phi) is 9.84. The number of furan rings is 1. The van der Waals surface area contributed by atoms with Crippen LogP contribution in [0.1, 0.15) is 0 Å². The lowest BCUT2D eigenvalue weighted by molar-refractivity contribution is 0.669. The third kappa shape index (κ3) is 7.25. The SMILES string of the molecule is c1ccc(-c2cccc(N(c3ccc(-c4ccc(-c5ccc(-n6c7ccccc7c7ccccc76)cc5)cc4)cc3)c3ccc(-c4ccc(-c5cccc6oc7ccccc7c56)cc4)cc3)c2)cc1. The van der Waals surface area contributed by atoms with Crippen molar-refractivity contribution in [1.29, 1.82) is 0 Å². The summed E-state index contributed by atoms with van der Waals surface area (Å²) in [5.41, 5.74) is 20.4. The second-order valence-electron chi connectivity index (χ2n) is 17.7. The van der Waals surface area contributed by atoms with Crippen LogP contribution in [0.25, 0.3) is 105 Å². The summed E-state index contributed by atoms with van der Waals surface area (Å²) in [4.78, 5) is 2.35. The molecule has 3 heteroatoms. The fourth-order valence-corrected chi connectivity index (χ4v) is 10.2. The van der Waals surface area contributed by atoms with E-state index in [9.17, 15) is 0 Å². The summed E-state index contributed by atoms with van der Waals surface area (Å²) in [7, 11) is 0. The fraction of sp³-hybridized carbons (Fsp3) is 0. The van der Waals surface area contributed by atoms with Gasteiger partial charge >= 0.3 is 0 Å². The van der Waals surface area contributed by atoms with E-state index in [0.717, 1.165) is 55.8 Å². The van der Waals surface area contributed by atoms with Crippen LogP contribution in [0.5, 0.6) is 0 Å². The van der Waals surface area contributed by atoms with Crippen molar-refractivity contribution in [3.8, 4) is 61.3 Å². The lowest BCUT2D eigenvalue weighted by atomic mass is 9.97. The van der Waals surface area contributed by atoms with E-state index in [-0.39, 0.29) is 0 Å². The normalized spacial score (nSPS) is 11.5. The molecule has 0 amide bonds. The third-order valence-electron chi connectivity index (χ3n) is 13.7. The molecular weight excluding hydrogens is 837 g/mol. The zero-order valence-corrected chi connectivity index (χ0v) is 37.7. The highest BCUT2D eigenvalue weighted by atomic mass is 16.3. The molecule has 13 rings (SSSR count). The van der Waals surface area contributed by atoms with Gasteiger partial charge in [-0.1, -0.05) is 194 Å². The second-order valence-corrected chi connectivity index (χ2v) is 17.7. The van der Waals surface area contributed by atoms with Gasteiger partial charge in [-0.2, -0.15) is 0 Å². The van der Waals surface area contributed by atoms with Crippen molar-refractivity contribution >= 4 is 60.8 Å². The van der Waals surface area contributed by atoms with E-state index in [4.69, 9.17) is 4.42 Å². The Morgan fingerprint density at radius 3 is 1.28 bits per heavy atom. The summed E-state index contributed by atoms with van der Waals surface area (Å²) in [6.45, 7) is 0. The predicted molar refractivity (Wildman–Crippen MR) is 290 cm³/mol. The summed E-state index contributed by atoms with van der Waals surface area (Å²) in [6.07, 6.45) is 0. The van der Waals surface area contributed by atoms with Gasteiger partial charge in [0.2, 0.25) is 0 Å². The number of fused-ring (bicyclic) bond motifs is 6. The van der Waals surface area contributed by atoms with Gasteiger partial charge in [-0.15, -0.1) is 0 Å². The molecule has 0 bridgehead atoms. The first kappa shape index (κ1) is 40.1. The molecule has 0 aliphatic heterocycles. The Bertz CT molecular complexity index is 3910. The van der Waals surface area contributed by atoms with Crippen molar-refractivity contribution in [3.05, 3.63) is 267 Å². The molecule has 0 aliphatic carbocycles. The van der Waals surface area contributed by atoms with Crippen molar-refractivity contribution in [2.24, 2.45) is 0 Å². The second kappa shape index (κ2) is 16.9. The topological polar surface area (TPSA) is 21.3 Å². The highest BCUT2D eigenvalue weighted by Gasteiger charge is 2.17. The summed E-state index contributed by atoms with van der Waals surface area (Å²) in [5, 5.41) is 4.84. The van der Waals surface area contributed by atoms with Crippen molar-refractivity contribution in [1.82, 2.24) is 4.57 Å². The Balaban J connectivity index is 0.786. The quantitative estimate of drug-likeness (QED) is 0.144. The average Bonchev–Trinajstić information content (AvgIpc) is 3.98. The molecule has 0 unspecified atom stereocenters. The van der Waals surface area contributed by atoms with Gasteiger partial charge < -0.3 is 13.9 Å². The monoisotopic (exact) mass is 880 g/mol. The highest BCUT2D eigenvalue weighted by Crippen LogP contribution is 2.41. The van der Waals surface area contributed by atoms with Crippen molar-refractivity contribution in [2.75, 3.05) is 4.90 Å². The first-order chi connectivity index (χ1) is 34.2. The van der Waals surface area contributed by atoms with Gasteiger partial charge in [-0.05, 0) is 128 Å². The molecule has 69 heavy (non-hydrogen) atoms. The molecular formula is C66H44N2O. The van der Waals surface area contributed by atoms with Crippen LogP contribution in [0.15, 0.2) is 271 Å². The maximum atomic E-state index is 6.20. The molecule has 0 atom stereocenters. The minimum absolute atomic E-state index is 0.908. The number of anilines is 3. The van der Waals surface area contributed by atoms with Crippen LogP contribution < -0.4 is 4.90 Å². The van der Waals surface area contributed by atoms with Crippen LogP contribution in [0, 0.1) is 0 Å². The van der Waals surface area contributed by atoms with Crippen molar-refractivity contribution < 1.29 is 4.42 Å². The lowest BCUT2D eigenvalue weighted by Crippen LogP contribution is -2.10. The Hall–Kier alpha value is -9.18. The first-order valence-electron chi connectivity index (χ1n) is 23.6. The average molecular weight is 881 g/mol. The third-order valence-corrected chi connectivity index (χ3v) is 13.7. The number of hydrogen-bond acceptors (Lipinski definition) is 2. The van der Waals surface area contributed by atoms with E-state index in [1.165, 1.54) is 66.3 Å². The molecule has 0 aliphatic rings. The highest BCUT2D eigenvalue weighted by molar-refractivity contribution is 6.12. The van der Waals surface area contributed by atoms with E-state index in [1.54, 1.807) is 0 Å². The minimum atomic E-state index is 0.908. The van der Waals surface area contributed by atoms with Gasteiger partial charge in [-0.3, -0.25) is 0 Å². The molecule has 2 aromatic heterocycles. The Morgan fingerprint density at radius 1 is 0.275 bits per heavy atom. The maximum absolute atomic E-state index is 6.20. The number of aromatic nitrogens is 1. The van der Waals surface area contributed by atoms with Crippen molar-refractivity contribution in [3.63, 3.8) is 0 Å². The summed E-state index contributed by atoms with van der Waals surface area (Å²) in [6, 6.07) is 96.0. The molecule has 2 heterocycles. The van der Waals surface area contributed by atoms with E-state index in [1.807, 2.05) is 12.1 Å². The van der Waals surface area contributed by atoms with Gasteiger partial charge in [0, 0.05) is 44.3 Å². The van der Waals surface area contributed by atoms with E-state index in [2.05, 4.69) is 264 Å². The number of benzene rings is 11. The standard InChI is InChI=1S/C66H44N2O/c1-2-12-45(13-3-1)53-14-10-15-57(44-53)67(55-40-34-50(35-41-55)48-28-30-52(31-29-48)58-19-11-23-65-66(58)61-18-6-9-22-64(61)69-65)54-38-32-49(33-39-54)46-24-26-47(27-25-46)51-36-42-56(43-37-51)68-62-20-7-4-16-59(62)60-17-5-8-21-63(60)68/h1-44H. The summed E-state index contributed by atoms with van der Waals surface area (Å²) < 4.78 is 8.56. The molecule has 0 radical (unpaired) electrons.